The van der Waals surface area contributed by atoms with Gasteiger partial charge in [0, 0.05) is 20.2 Å². The van der Waals surface area contributed by atoms with Crippen LogP contribution in [0.1, 0.15) is 13.3 Å². The molecular formula is C12H20N2O4. The third kappa shape index (κ3) is 3.82. The highest BCUT2D eigenvalue weighted by Crippen LogP contribution is 2.11. The summed E-state index contributed by atoms with van der Waals surface area (Å²) in [6.07, 6.45) is 2.68. The second kappa shape index (κ2) is 7.13. The molecule has 1 heterocycles. The topological polar surface area (TPSA) is 81.9 Å². The first-order chi connectivity index (χ1) is 8.60. The van der Waals surface area contributed by atoms with Crippen molar-refractivity contribution >= 4 is 11.9 Å². The second-order valence-electron chi connectivity index (χ2n) is 4.06. The van der Waals surface area contributed by atoms with Crippen LogP contribution in [0.5, 0.6) is 0 Å². The van der Waals surface area contributed by atoms with Crippen LogP contribution in [0.3, 0.4) is 0 Å². The Hall–Kier alpha value is -1.40. The van der Waals surface area contributed by atoms with Crippen molar-refractivity contribution < 1.29 is 19.1 Å². The van der Waals surface area contributed by atoms with Gasteiger partial charge in [0.1, 0.15) is 0 Å². The molecule has 0 aromatic rings. The average Bonchev–Trinajstić information content (AvgIpc) is 2.38. The molecule has 0 aromatic carbocycles. The molecule has 102 valence electrons. The van der Waals surface area contributed by atoms with Crippen molar-refractivity contribution in [3.8, 4) is 0 Å². The lowest BCUT2D eigenvalue weighted by Gasteiger charge is -2.28. The van der Waals surface area contributed by atoms with E-state index in [0.29, 0.717) is 19.7 Å². The highest BCUT2D eigenvalue weighted by Gasteiger charge is 2.28. The standard InChI is InChI=1S/C12H20N2O4/c1-3-18-12(16)10(13)11(15)14-6-4-9(5-7-14)8-17-2/h4,10H,3,5-8,13H2,1-2H3. The maximum Gasteiger partial charge on any atom is 0.332 e. The van der Waals surface area contributed by atoms with Crippen molar-refractivity contribution in [2.45, 2.75) is 19.4 Å². The van der Waals surface area contributed by atoms with Crippen molar-refractivity contribution in [1.29, 1.82) is 0 Å². The van der Waals surface area contributed by atoms with E-state index in [1.54, 1.807) is 18.9 Å². The van der Waals surface area contributed by atoms with Crippen molar-refractivity contribution in [2.24, 2.45) is 5.73 Å². The van der Waals surface area contributed by atoms with E-state index in [-0.39, 0.29) is 12.5 Å². The molecule has 1 atom stereocenters. The SMILES string of the molecule is CCOC(=O)C(N)C(=O)N1CC=C(COC)CC1. The lowest BCUT2D eigenvalue weighted by atomic mass is 10.1. The minimum atomic E-state index is -1.22. The fourth-order valence-electron chi connectivity index (χ4n) is 1.76. The van der Waals surface area contributed by atoms with Gasteiger partial charge in [-0.25, -0.2) is 4.79 Å². The molecule has 6 heteroatoms. The predicted molar refractivity (Wildman–Crippen MR) is 65.8 cm³/mol. The number of amides is 1. The van der Waals surface area contributed by atoms with E-state index >= 15 is 0 Å². The number of nitrogens with two attached hydrogens (primary N) is 1. The Labute approximate surface area is 107 Å². The number of hydrogen-bond acceptors (Lipinski definition) is 5. The number of nitrogens with zero attached hydrogens (tertiary/aromatic N) is 1. The molecule has 2 N–H and O–H groups in total. The van der Waals surface area contributed by atoms with Gasteiger partial charge in [-0.05, 0) is 18.9 Å². The lowest BCUT2D eigenvalue weighted by molar-refractivity contribution is -0.150. The smallest absolute Gasteiger partial charge is 0.332 e. The van der Waals surface area contributed by atoms with Crippen LogP contribution in [-0.4, -0.2) is 56.2 Å². The molecule has 0 bridgehead atoms. The van der Waals surface area contributed by atoms with Crippen molar-refractivity contribution in [3.63, 3.8) is 0 Å². The third-order valence-electron chi connectivity index (χ3n) is 2.75. The van der Waals surface area contributed by atoms with Gasteiger partial charge in [-0.2, -0.15) is 0 Å². The van der Waals surface area contributed by atoms with E-state index < -0.39 is 12.0 Å². The van der Waals surface area contributed by atoms with Gasteiger partial charge >= 0.3 is 5.97 Å². The van der Waals surface area contributed by atoms with Crippen LogP contribution in [-0.2, 0) is 19.1 Å². The summed E-state index contributed by atoms with van der Waals surface area (Å²) >= 11 is 0. The number of esters is 1. The zero-order valence-electron chi connectivity index (χ0n) is 10.8. The van der Waals surface area contributed by atoms with Crippen LogP contribution in [0, 0.1) is 0 Å². The van der Waals surface area contributed by atoms with E-state index in [1.165, 1.54) is 0 Å². The number of carbonyl (C=O) groups excluding carboxylic acids is 2. The van der Waals surface area contributed by atoms with E-state index in [4.69, 9.17) is 15.2 Å². The molecule has 1 amide bonds. The fourth-order valence-corrected chi connectivity index (χ4v) is 1.76. The molecule has 0 spiro atoms. The van der Waals surface area contributed by atoms with Crippen LogP contribution >= 0.6 is 0 Å². The molecule has 0 saturated heterocycles. The van der Waals surface area contributed by atoms with E-state index in [2.05, 4.69) is 0 Å². The summed E-state index contributed by atoms with van der Waals surface area (Å²) in [6.45, 7) is 3.49. The van der Waals surface area contributed by atoms with Gasteiger partial charge in [0.15, 0.2) is 6.04 Å². The van der Waals surface area contributed by atoms with Gasteiger partial charge in [-0.1, -0.05) is 6.08 Å². The van der Waals surface area contributed by atoms with Gasteiger partial charge in [-0.3, -0.25) is 4.79 Å². The van der Waals surface area contributed by atoms with Crippen LogP contribution in [0.2, 0.25) is 0 Å². The molecule has 1 unspecified atom stereocenters. The Morgan fingerprint density at radius 3 is 2.78 bits per heavy atom. The number of carbonyl (C=O) groups is 2. The Balaban J connectivity index is 2.51. The molecule has 18 heavy (non-hydrogen) atoms. The molecule has 0 aliphatic carbocycles. The Morgan fingerprint density at radius 2 is 2.28 bits per heavy atom. The summed E-state index contributed by atoms with van der Waals surface area (Å²) in [5.41, 5.74) is 6.72. The molecule has 0 fully saturated rings. The first-order valence-corrected chi connectivity index (χ1v) is 5.98. The summed E-state index contributed by atoms with van der Waals surface area (Å²) in [6, 6.07) is -1.22. The largest absolute Gasteiger partial charge is 0.464 e. The van der Waals surface area contributed by atoms with Gasteiger partial charge in [0.05, 0.1) is 13.2 Å². The first kappa shape index (κ1) is 14.7. The highest BCUT2D eigenvalue weighted by atomic mass is 16.5. The number of hydrogen-bond donors (Lipinski definition) is 1. The quantitative estimate of drug-likeness (QED) is 0.414. The zero-order valence-corrected chi connectivity index (χ0v) is 10.8. The van der Waals surface area contributed by atoms with Gasteiger partial charge in [-0.15, -0.1) is 0 Å². The van der Waals surface area contributed by atoms with E-state index in [9.17, 15) is 9.59 Å². The normalized spacial score (nSPS) is 17.1. The number of rotatable bonds is 5. The minimum absolute atomic E-state index is 0.220. The Morgan fingerprint density at radius 1 is 1.56 bits per heavy atom. The predicted octanol–water partition coefficient (Wildman–Crippen LogP) is -0.318. The maximum atomic E-state index is 11.9. The third-order valence-corrected chi connectivity index (χ3v) is 2.75. The summed E-state index contributed by atoms with van der Waals surface area (Å²) in [4.78, 5) is 24.8. The Bertz CT molecular complexity index is 341. The van der Waals surface area contributed by atoms with Crippen molar-refractivity contribution in [1.82, 2.24) is 4.90 Å². The van der Waals surface area contributed by atoms with Crippen molar-refractivity contribution in [3.05, 3.63) is 11.6 Å². The summed E-state index contributed by atoms with van der Waals surface area (Å²) < 4.78 is 9.75. The minimum Gasteiger partial charge on any atom is -0.464 e. The van der Waals surface area contributed by atoms with Gasteiger partial charge in [0.25, 0.3) is 5.91 Å². The van der Waals surface area contributed by atoms with Crippen LogP contribution in [0.25, 0.3) is 0 Å². The van der Waals surface area contributed by atoms with Gasteiger partial charge in [0.2, 0.25) is 0 Å². The molecule has 0 radical (unpaired) electrons. The molecule has 1 aliphatic rings. The Kier molecular flexibility index (Phi) is 5.80. The van der Waals surface area contributed by atoms with Crippen LogP contribution < -0.4 is 5.73 Å². The first-order valence-electron chi connectivity index (χ1n) is 5.98. The average molecular weight is 256 g/mol. The number of methoxy groups -OCH3 is 1. The van der Waals surface area contributed by atoms with Crippen LogP contribution in [0.15, 0.2) is 11.6 Å². The molecule has 1 rings (SSSR count). The van der Waals surface area contributed by atoms with Gasteiger partial charge < -0.3 is 20.1 Å². The maximum absolute atomic E-state index is 11.9. The van der Waals surface area contributed by atoms with E-state index in [0.717, 1.165) is 12.0 Å². The fraction of sp³-hybridized carbons (Fsp3) is 0.667. The van der Waals surface area contributed by atoms with E-state index in [1.807, 2.05) is 6.08 Å². The molecule has 1 aliphatic heterocycles. The summed E-state index contributed by atoms with van der Waals surface area (Å²) in [5, 5.41) is 0. The summed E-state index contributed by atoms with van der Waals surface area (Å²) in [7, 11) is 1.63. The molecule has 0 aromatic heterocycles. The molecular weight excluding hydrogens is 236 g/mol. The van der Waals surface area contributed by atoms with Crippen LogP contribution in [0.4, 0.5) is 0 Å². The lowest BCUT2D eigenvalue weighted by Crippen LogP contribution is -2.50. The number of ether oxygens (including phenoxy) is 2. The van der Waals surface area contributed by atoms with Crippen molar-refractivity contribution in [2.75, 3.05) is 33.4 Å². The summed E-state index contributed by atoms with van der Waals surface area (Å²) in [5.74, 6) is -1.06. The molecule has 6 nitrogen and oxygen atoms in total. The highest BCUT2D eigenvalue weighted by molar-refractivity contribution is 6.01. The molecule has 0 saturated carbocycles. The zero-order chi connectivity index (χ0) is 13.5. The monoisotopic (exact) mass is 256 g/mol. The second-order valence-corrected chi connectivity index (χ2v) is 4.06.